The minimum Gasteiger partial charge on any atom is -0.394 e. The minimum atomic E-state index is -1.18. The molecule has 2 aromatic heterocycles. The fourth-order valence-corrected chi connectivity index (χ4v) is 3.82. The standard InChI is InChI=1S/C15H19N5O5/c21-3-9-11(22)12(23)15(25-9)20-5-18-10-13(16-4-17-14(10)20)19-6-1-7-8(2-6)24-7/h4-9,11-12,15,21-23H,1-3H2,(H,16,17,19)/t6?,7?,8?,9-,11-,12-,15-/m1/s1. The van der Waals surface area contributed by atoms with Gasteiger partial charge in [0, 0.05) is 6.04 Å². The van der Waals surface area contributed by atoms with E-state index in [1.165, 1.54) is 12.7 Å². The molecule has 4 N–H and O–H groups in total. The molecule has 10 heteroatoms. The Balaban J connectivity index is 1.44. The van der Waals surface area contributed by atoms with Gasteiger partial charge in [0.25, 0.3) is 0 Å². The van der Waals surface area contributed by atoms with E-state index in [1.807, 2.05) is 0 Å². The lowest BCUT2D eigenvalue weighted by atomic mass is 10.1. The van der Waals surface area contributed by atoms with E-state index >= 15 is 0 Å². The van der Waals surface area contributed by atoms with Crippen molar-refractivity contribution in [3.63, 3.8) is 0 Å². The topological polar surface area (TPSA) is 138 Å². The predicted molar refractivity (Wildman–Crippen MR) is 83.6 cm³/mol. The Bertz CT molecular complexity index is 790. The summed E-state index contributed by atoms with van der Waals surface area (Å²) in [6.45, 7) is -0.380. The van der Waals surface area contributed by atoms with E-state index < -0.39 is 24.5 Å². The van der Waals surface area contributed by atoms with Gasteiger partial charge in [-0.15, -0.1) is 0 Å². The van der Waals surface area contributed by atoms with Gasteiger partial charge in [0.2, 0.25) is 0 Å². The number of hydrogen-bond acceptors (Lipinski definition) is 9. The lowest BCUT2D eigenvalue weighted by Crippen LogP contribution is -2.33. The van der Waals surface area contributed by atoms with Gasteiger partial charge >= 0.3 is 0 Å². The monoisotopic (exact) mass is 349 g/mol. The van der Waals surface area contributed by atoms with E-state index in [4.69, 9.17) is 9.47 Å². The largest absolute Gasteiger partial charge is 0.394 e. The Morgan fingerprint density at radius 1 is 1.12 bits per heavy atom. The van der Waals surface area contributed by atoms with Crippen LogP contribution < -0.4 is 5.32 Å². The molecule has 5 rings (SSSR count). The van der Waals surface area contributed by atoms with Crippen LogP contribution in [0.3, 0.4) is 0 Å². The minimum absolute atomic E-state index is 0.293. The number of nitrogens with zero attached hydrogens (tertiary/aromatic N) is 4. The first-order valence-electron chi connectivity index (χ1n) is 8.37. The van der Waals surface area contributed by atoms with Crippen molar-refractivity contribution >= 4 is 17.0 Å². The molecule has 0 spiro atoms. The number of aromatic nitrogens is 4. The highest BCUT2D eigenvalue weighted by atomic mass is 16.6. The fraction of sp³-hybridized carbons (Fsp3) is 0.667. The number of hydrogen-bond donors (Lipinski definition) is 4. The summed E-state index contributed by atoms with van der Waals surface area (Å²) in [7, 11) is 0. The first-order chi connectivity index (χ1) is 12.2. The second-order valence-corrected chi connectivity index (χ2v) is 6.80. The van der Waals surface area contributed by atoms with Gasteiger partial charge in [-0.1, -0.05) is 0 Å². The van der Waals surface area contributed by atoms with Crippen LogP contribution in [0, 0.1) is 0 Å². The summed E-state index contributed by atoms with van der Waals surface area (Å²) in [6.07, 6.45) is 1.50. The molecule has 3 aliphatic rings. The lowest BCUT2D eigenvalue weighted by Gasteiger charge is -2.17. The second kappa shape index (κ2) is 5.58. The molecule has 1 saturated carbocycles. The molecular weight excluding hydrogens is 330 g/mol. The highest BCUT2D eigenvalue weighted by molar-refractivity contribution is 5.82. The second-order valence-electron chi connectivity index (χ2n) is 6.80. The molecule has 1 aliphatic carbocycles. The SMILES string of the molecule is OC[C@H]1O[C@@H](n2cnc3c(NC4CC5OC5C4)ncnc32)[C@H](O)[C@@H]1O. The van der Waals surface area contributed by atoms with Gasteiger partial charge in [0.1, 0.15) is 24.6 Å². The fourth-order valence-electron chi connectivity index (χ4n) is 3.82. The molecule has 0 bridgehead atoms. The number of aliphatic hydroxyl groups is 3. The molecule has 2 aliphatic heterocycles. The molecule has 2 unspecified atom stereocenters. The molecule has 4 heterocycles. The van der Waals surface area contributed by atoms with E-state index in [0.29, 0.717) is 35.2 Å². The van der Waals surface area contributed by atoms with Crippen LogP contribution in [0.5, 0.6) is 0 Å². The number of anilines is 1. The molecule has 3 fully saturated rings. The number of nitrogens with one attached hydrogen (secondary N) is 1. The first kappa shape index (κ1) is 15.4. The summed E-state index contributed by atoms with van der Waals surface area (Å²) in [5.41, 5.74) is 1.06. The van der Waals surface area contributed by atoms with Crippen molar-refractivity contribution in [2.45, 2.75) is 55.6 Å². The molecule has 10 nitrogen and oxygen atoms in total. The predicted octanol–water partition coefficient (Wildman–Crippen LogP) is -1.22. The van der Waals surface area contributed by atoms with E-state index in [0.717, 1.165) is 12.8 Å². The molecule has 6 atom stereocenters. The van der Waals surface area contributed by atoms with Crippen molar-refractivity contribution in [1.29, 1.82) is 0 Å². The zero-order valence-electron chi connectivity index (χ0n) is 13.3. The van der Waals surface area contributed by atoms with Gasteiger partial charge in [0.15, 0.2) is 23.2 Å². The van der Waals surface area contributed by atoms with Crippen LogP contribution in [-0.2, 0) is 9.47 Å². The third kappa shape index (κ3) is 2.41. The average Bonchev–Trinajstić information content (AvgIpc) is 2.96. The molecule has 0 amide bonds. The molecule has 0 aromatic carbocycles. The normalized spacial score (nSPS) is 39.7. The summed E-state index contributed by atoms with van der Waals surface area (Å²) >= 11 is 0. The maximum absolute atomic E-state index is 10.2. The smallest absolute Gasteiger partial charge is 0.167 e. The molecule has 2 aromatic rings. The molecular formula is C15H19N5O5. The summed E-state index contributed by atoms with van der Waals surface area (Å²) in [6, 6.07) is 0.293. The number of ether oxygens (including phenoxy) is 2. The van der Waals surface area contributed by atoms with Gasteiger partial charge in [-0.2, -0.15) is 0 Å². The summed E-state index contributed by atoms with van der Waals surface area (Å²) < 4.78 is 12.6. The number of aliphatic hydroxyl groups excluding tert-OH is 3. The highest BCUT2D eigenvalue weighted by Crippen LogP contribution is 2.40. The van der Waals surface area contributed by atoms with Crippen LogP contribution in [0.2, 0.25) is 0 Å². The molecule has 134 valence electrons. The van der Waals surface area contributed by atoms with E-state index in [-0.39, 0.29) is 6.61 Å². The quantitative estimate of drug-likeness (QED) is 0.500. The van der Waals surface area contributed by atoms with Crippen LogP contribution in [-0.4, -0.2) is 78.0 Å². The van der Waals surface area contributed by atoms with E-state index in [9.17, 15) is 15.3 Å². The third-order valence-electron chi connectivity index (χ3n) is 5.21. The van der Waals surface area contributed by atoms with Gasteiger partial charge in [-0.05, 0) is 12.8 Å². The average molecular weight is 349 g/mol. The van der Waals surface area contributed by atoms with E-state index in [1.54, 1.807) is 4.57 Å². The third-order valence-corrected chi connectivity index (χ3v) is 5.21. The van der Waals surface area contributed by atoms with Crippen molar-refractivity contribution in [3.8, 4) is 0 Å². The van der Waals surface area contributed by atoms with Crippen molar-refractivity contribution in [1.82, 2.24) is 19.5 Å². The van der Waals surface area contributed by atoms with Crippen LogP contribution >= 0.6 is 0 Å². The Kier molecular flexibility index (Phi) is 3.44. The number of epoxide rings is 1. The molecule has 25 heavy (non-hydrogen) atoms. The van der Waals surface area contributed by atoms with Crippen LogP contribution in [0.15, 0.2) is 12.7 Å². The van der Waals surface area contributed by atoms with Gasteiger partial charge < -0.3 is 30.1 Å². The van der Waals surface area contributed by atoms with Crippen LogP contribution in [0.1, 0.15) is 19.1 Å². The summed E-state index contributed by atoms with van der Waals surface area (Å²) in [4.78, 5) is 12.9. The maximum atomic E-state index is 10.2. The van der Waals surface area contributed by atoms with Crippen molar-refractivity contribution < 1.29 is 24.8 Å². The van der Waals surface area contributed by atoms with Crippen molar-refractivity contribution in [2.75, 3.05) is 11.9 Å². The Hall–Kier alpha value is -1.85. The first-order valence-corrected chi connectivity index (χ1v) is 8.37. The van der Waals surface area contributed by atoms with Crippen LogP contribution in [0.4, 0.5) is 5.82 Å². The Labute approximate surface area is 142 Å². The van der Waals surface area contributed by atoms with Crippen molar-refractivity contribution in [3.05, 3.63) is 12.7 Å². The molecule has 0 radical (unpaired) electrons. The molecule has 2 saturated heterocycles. The Morgan fingerprint density at radius 3 is 2.64 bits per heavy atom. The summed E-state index contributed by atoms with van der Waals surface area (Å²) in [5, 5.41) is 32.8. The Morgan fingerprint density at radius 2 is 1.92 bits per heavy atom. The lowest BCUT2D eigenvalue weighted by molar-refractivity contribution is -0.0511. The number of imidazole rings is 1. The summed E-state index contributed by atoms with van der Waals surface area (Å²) in [5.74, 6) is 0.627. The van der Waals surface area contributed by atoms with Crippen molar-refractivity contribution in [2.24, 2.45) is 0 Å². The zero-order valence-corrected chi connectivity index (χ0v) is 13.3. The van der Waals surface area contributed by atoms with Gasteiger partial charge in [-0.3, -0.25) is 4.57 Å². The van der Waals surface area contributed by atoms with Crippen LogP contribution in [0.25, 0.3) is 11.2 Å². The highest BCUT2D eigenvalue weighted by Gasteiger charge is 2.48. The van der Waals surface area contributed by atoms with E-state index in [2.05, 4.69) is 20.3 Å². The number of fused-ring (bicyclic) bond motifs is 2. The zero-order chi connectivity index (χ0) is 17.1. The number of rotatable bonds is 4. The maximum Gasteiger partial charge on any atom is 0.167 e. The van der Waals surface area contributed by atoms with Gasteiger partial charge in [0.05, 0.1) is 25.1 Å². The van der Waals surface area contributed by atoms with Gasteiger partial charge in [-0.25, -0.2) is 15.0 Å².